The molecule has 3 aromatic rings. The summed E-state index contributed by atoms with van der Waals surface area (Å²) in [5, 5.41) is 15.1. The van der Waals surface area contributed by atoms with Crippen LogP contribution in [0.3, 0.4) is 0 Å². The molecule has 0 amide bonds. The van der Waals surface area contributed by atoms with E-state index in [0.717, 1.165) is 21.3 Å². The highest BCUT2D eigenvalue weighted by Gasteiger charge is 2.34. The number of nitrogens with zero attached hydrogens (tertiary/aromatic N) is 4. The topological polar surface area (TPSA) is 90.0 Å². The summed E-state index contributed by atoms with van der Waals surface area (Å²) in [6.45, 7) is 8.85. The van der Waals surface area contributed by atoms with Gasteiger partial charge in [0.25, 0.3) is 0 Å². The zero-order valence-electron chi connectivity index (χ0n) is 15.6. The van der Waals surface area contributed by atoms with E-state index in [4.69, 9.17) is 5.10 Å². The summed E-state index contributed by atoms with van der Waals surface area (Å²) in [6.07, 6.45) is 3.28. The molecule has 140 valence electrons. The first-order chi connectivity index (χ1) is 12.6. The van der Waals surface area contributed by atoms with Crippen molar-refractivity contribution in [2.75, 3.05) is 0 Å². The number of carbonyl (C=O) groups is 1. The molecule has 0 aliphatic carbocycles. The Bertz CT molecular complexity index is 1120. The maximum absolute atomic E-state index is 12.3. The van der Waals surface area contributed by atoms with Gasteiger partial charge in [-0.1, -0.05) is 20.8 Å². The molecule has 1 atom stereocenters. The quantitative estimate of drug-likeness (QED) is 0.731. The summed E-state index contributed by atoms with van der Waals surface area (Å²) in [5.41, 5.74) is 1.46. The Morgan fingerprint density at radius 1 is 1.30 bits per heavy atom. The van der Waals surface area contributed by atoms with Crippen molar-refractivity contribution in [2.45, 2.75) is 40.3 Å². The van der Waals surface area contributed by atoms with E-state index in [0.29, 0.717) is 12.2 Å². The molecule has 4 heterocycles. The maximum Gasteiger partial charge on any atom is 0.341 e. The van der Waals surface area contributed by atoms with Crippen LogP contribution >= 0.6 is 11.3 Å². The van der Waals surface area contributed by atoms with Gasteiger partial charge in [0.2, 0.25) is 0 Å². The Balaban J connectivity index is 1.95. The second-order valence-corrected chi connectivity index (χ2v) is 9.11. The van der Waals surface area contributed by atoms with Crippen LogP contribution in [0.1, 0.15) is 42.2 Å². The molecule has 0 saturated heterocycles. The first-order valence-corrected chi connectivity index (χ1v) is 9.47. The van der Waals surface area contributed by atoms with Gasteiger partial charge in [0.1, 0.15) is 11.3 Å². The highest BCUT2D eigenvalue weighted by Crippen LogP contribution is 2.40. The lowest BCUT2D eigenvalue weighted by molar-refractivity contribution is 0.0693. The Hall–Kier alpha value is -2.74. The van der Waals surface area contributed by atoms with Gasteiger partial charge >= 0.3 is 5.97 Å². The van der Waals surface area contributed by atoms with Gasteiger partial charge in [0.15, 0.2) is 5.43 Å². The van der Waals surface area contributed by atoms with Crippen LogP contribution in [-0.4, -0.2) is 30.4 Å². The molecule has 4 rings (SSSR count). The molecule has 0 fully saturated rings. The molecule has 0 radical (unpaired) electrons. The number of aromatic carboxylic acids is 1. The summed E-state index contributed by atoms with van der Waals surface area (Å²) in [4.78, 5) is 29.1. The monoisotopic (exact) mass is 384 g/mol. The normalized spacial score (nSPS) is 16.1. The molecule has 0 spiro atoms. The fourth-order valence-electron chi connectivity index (χ4n) is 3.48. The number of pyridine rings is 1. The van der Waals surface area contributed by atoms with E-state index >= 15 is 0 Å². The van der Waals surface area contributed by atoms with Gasteiger partial charge in [0.05, 0.1) is 33.9 Å². The molecule has 0 unspecified atom stereocenters. The number of fused-ring (bicyclic) bond motifs is 3. The SMILES string of the molecule is Cc1ncc(-c2cc3n(n2)C[C@@H](C(C)(C)C)n2cc(C(=O)O)c(=O)cc2-3)s1. The molecule has 0 bridgehead atoms. The minimum Gasteiger partial charge on any atom is -0.477 e. The van der Waals surface area contributed by atoms with E-state index in [9.17, 15) is 14.7 Å². The van der Waals surface area contributed by atoms with E-state index in [-0.39, 0.29) is 17.0 Å². The summed E-state index contributed by atoms with van der Waals surface area (Å²) in [5.74, 6) is -1.21. The minimum atomic E-state index is -1.21. The second-order valence-electron chi connectivity index (χ2n) is 7.87. The Morgan fingerprint density at radius 3 is 2.63 bits per heavy atom. The van der Waals surface area contributed by atoms with E-state index in [1.54, 1.807) is 17.5 Å². The van der Waals surface area contributed by atoms with Gasteiger partial charge in [-0.05, 0) is 18.4 Å². The number of thiazole rings is 1. The molecule has 27 heavy (non-hydrogen) atoms. The summed E-state index contributed by atoms with van der Waals surface area (Å²) >= 11 is 1.57. The molecule has 7 nitrogen and oxygen atoms in total. The van der Waals surface area contributed by atoms with E-state index in [1.165, 1.54) is 12.3 Å². The van der Waals surface area contributed by atoms with Crippen LogP contribution in [0.5, 0.6) is 0 Å². The third kappa shape index (κ3) is 2.90. The molecular weight excluding hydrogens is 364 g/mol. The van der Waals surface area contributed by atoms with Crippen molar-refractivity contribution in [3.63, 3.8) is 0 Å². The van der Waals surface area contributed by atoms with E-state index < -0.39 is 11.4 Å². The van der Waals surface area contributed by atoms with Crippen molar-refractivity contribution in [1.82, 2.24) is 19.3 Å². The number of aromatic nitrogens is 4. The zero-order chi connectivity index (χ0) is 19.5. The highest BCUT2D eigenvalue weighted by atomic mass is 32.1. The summed E-state index contributed by atoms with van der Waals surface area (Å²) < 4.78 is 3.83. The van der Waals surface area contributed by atoms with Gasteiger partial charge in [-0.2, -0.15) is 5.10 Å². The van der Waals surface area contributed by atoms with E-state index in [1.807, 2.05) is 22.2 Å². The summed E-state index contributed by atoms with van der Waals surface area (Å²) in [6, 6.07) is 3.32. The number of carboxylic acid groups (broad SMARTS) is 1. The average molecular weight is 384 g/mol. The number of aryl methyl sites for hydroxylation is 1. The lowest BCUT2D eigenvalue weighted by Crippen LogP contribution is -2.35. The molecule has 1 aliphatic rings. The van der Waals surface area contributed by atoms with Gasteiger partial charge in [-0.25, -0.2) is 9.78 Å². The Morgan fingerprint density at radius 2 is 2.04 bits per heavy atom. The van der Waals surface area contributed by atoms with Crippen molar-refractivity contribution >= 4 is 17.3 Å². The second kappa shape index (κ2) is 5.88. The fourth-order valence-corrected chi connectivity index (χ4v) is 4.21. The van der Waals surface area contributed by atoms with Crippen LogP contribution in [0.4, 0.5) is 0 Å². The van der Waals surface area contributed by atoms with Crippen LogP contribution in [0, 0.1) is 12.3 Å². The smallest absolute Gasteiger partial charge is 0.341 e. The molecule has 0 saturated carbocycles. The van der Waals surface area contributed by atoms with Crippen LogP contribution in [0.15, 0.2) is 29.3 Å². The largest absolute Gasteiger partial charge is 0.477 e. The Kier molecular flexibility index (Phi) is 3.85. The molecule has 3 aromatic heterocycles. The molecule has 1 aliphatic heterocycles. The van der Waals surface area contributed by atoms with Crippen LogP contribution in [-0.2, 0) is 6.54 Å². The van der Waals surface area contributed by atoms with Gasteiger partial charge in [0, 0.05) is 18.5 Å². The van der Waals surface area contributed by atoms with Crippen LogP contribution in [0.2, 0.25) is 0 Å². The average Bonchev–Trinajstić information content (AvgIpc) is 3.18. The van der Waals surface area contributed by atoms with Gasteiger partial charge in [-0.15, -0.1) is 11.3 Å². The standard InChI is InChI=1S/C19H20N4O3S/c1-10-20-7-16(27-10)12-5-14-13-6-15(24)11(18(25)26)8-22(13)17(19(2,3)4)9-23(14)21-12/h5-8,17H,9H2,1-4H3,(H,25,26)/t17-/m0/s1. The van der Waals surface area contributed by atoms with Crippen molar-refractivity contribution in [1.29, 1.82) is 0 Å². The van der Waals surface area contributed by atoms with Gasteiger partial charge < -0.3 is 9.67 Å². The van der Waals surface area contributed by atoms with Crippen LogP contribution < -0.4 is 5.43 Å². The van der Waals surface area contributed by atoms with Crippen molar-refractivity contribution < 1.29 is 9.90 Å². The van der Waals surface area contributed by atoms with Crippen LogP contribution in [0.25, 0.3) is 22.0 Å². The lowest BCUT2D eigenvalue weighted by atomic mass is 9.85. The maximum atomic E-state index is 12.3. The molecule has 8 heteroatoms. The van der Waals surface area contributed by atoms with Gasteiger partial charge in [-0.3, -0.25) is 9.48 Å². The summed E-state index contributed by atoms with van der Waals surface area (Å²) in [7, 11) is 0. The third-order valence-electron chi connectivity index (χ3n) is 4.91. The van der Waals surface area contributed by atoms with Crippen molar-refractivity contribution in [3.05, 3.63) is 45.3 Å². The first kappa shape index (κ1) is 17.7. The number of hydrogen-bond donors (Lipinski definition) is 1. The molecule has 1 N–H and O–H groups in total. The highest BCUT2D eigenvalue weighted by molar-refractivity contribution is 7.15. The number of rotatable bonds is 2. The predicted molar refractivity (Wildman–Crippen MR) is 103 cm³/mol. The predicted octanol–water partition coefficient (Wildman–Crippen LogP) is 3.44. The van der Waals surface area contributed by atoms with Crippen molar-refractivity contribution in [2.24, 2.45) is 5.41 Å². The number of carboxylic acids is 1. The van der Waals surface area contributed by atoms with Crippen molar-refractivity contribution in [3.8, 4) is 22.0 Å². The third-order valence-corrected chi connectivity index (χ3v) is 5.84. The minimum absolute atomic E-state index is 0.0327. The Labute approximate surface area is 159 Å². The molecular formula is C19H20N4O3S. The first-order valence-electron chi connectivity index (χ1n) is 8.65. The lowest BCUT2D eigenvalue weighted by Gasteiger charge is -2.38. The fraction of sp³-hybridized carbons (Fsp3) is 0.368. The number of hydrogen-bond acceptors (Lipinski definition) is 5. The zero-order valence-corrected chi connectivity index (χ0v) is 16.4. The molecule has 0 aromatic carbocycles. The van der Waals surface area contributed by atoms with E-state index in [2.05, 4.69) is 25.8 Å².